The van der Waals surface area contributed by atoms with E-state index in [0.717, 1.165) is 108 Å². The van der Waals surface area contributed by atoms with Crippen LogP contribution in [0.1, 0.15) is 97.4 Å². The molecule has 13 N–H and O–H groups in total. The summed E-state index contributed by atoms with van der Waals surface area (Å²) in [6.45, 7) is 2.71. The normalized spacial score (nSPS) is 11.0. The molecule has 5 heterocycles. The van der Waals surface area contributed by atoms with Gasteiger partial charge in [-0.15, -0.1) is 0 Å². The van der Waals surface area contributed by atoms with Crippen LogP contribution in [0.5, 0.6) is 5.75 Å². The molecule has 0 aliphatic heterocycles. The lowest BCUT2D eigenvalue weighted by atomic mass is 10.0. The Morgan fingerprint density at radius 2 is 0.564 bits per heavy atom. The molecule has 20 rings (SSSR count). The molecule has 0 unspecified atom stereocenters. The molecule has 0 radical (unpaired) electrons. The van der Waals surface area contributed by atoms with Crippen LogP contribution in [0.25, 0.3) is 108 Å². The molecule has 0 bridgehead atoms. The largest absolute Gasteiger partial charge is 0.506 e. The lowest BCUT2D eigenvalue weighted by molar-refractivity contribution is -0.133. The number of carbonyl (C=O) groups excluding carboxylic acids is 9. The second-order valence-electron chi connectivity index (χ2n) is 31.1. The number of phenolic OH excluding ortho intramolecular Hbond substituents is 1. The summed E-state index contributed by atoms with van der Waals surface area (Å²) in [7, 11) is 3.37. The minimum Gasteiger partial charge on any atom is -0.506 e. The van der Waals surface area contributed by atoms with Crippen molar-refractivity contribution in [2.24, 2.45) is 0 Å². The Labute approximate surface area is 781 Å². The molecule has 0 spiro atoms. The molecular formula is C104H75Cl5N12O12. The Kier molecular flexibility index (Phi) is 26.3. The van der Waals surface area contributed by atoms with Crippen molar-refractivity contribution < 1.29 is 58.2 Å². The van der Waals surface area contributed by atoms with Gasteiger partial charge in [-0.2, -0.15) is 0 Å². The number of rotatable bonds is 15. The Morgan fingerprint density at radius 3 is 0.910 bits per heavy atom. The number of nitrogens with zero attached hydrogens (tertiary/aromatic N) is 1. The molecule has 0 saturated carbocycles. The Balaban J connectivity index is 0.000000121. The van der Waals surface area contributed by atoms with Gasteiger partial charge in [0.1, 0.15) is 34.2 Å². The summed E-state index contributed by atoms with van der Waals surface area (Å²) in [6, 6.07) is 90.5. The number of aromatic carboxylic acids is 1. The molecular weight excluding hydrogens is 1790 g/mol. The number of ketones is 2. The lowest BCUT2D eigenvalue weighted by Crippen LogP contribution is -2.24. The Bertz CT molecular complexity index is 8150. The van der Waals surface area contributed by atoms with E-state index in [9.17, 15) is 58.2 Å². The van der Waals surface area contributed by atoms with Crippen LogP contribution in [0.15, 0.2) is 303 Å². The Hall–Kier alpha value is -16.4. The summed E-state index contributed by atoms with van der Waals surface area (Å²) >= 11 is 30.0. The molecule has 0 saturated heterocycles. The van der Waals surface area contributed by atoms with Crippen molar-refractivity contribution in [1.82, 2.24) is 29.8 Å². The molecule has 7 amide bonds. The van der Waals surface area contributed by atoms with Crippen LogP contribution < -0.4 is 31.9 Å². The third-order valence-corrected chi connectivity index (χ3v) is 22.8. The molecule has 0 aliphatic carbocycles. The first-order valence-electron chi connectivity index (χ1n) is 41.0. The van der Waals surface area contributed by atoms with E-state index in [1.807, 2.05) is 152 Å². The van der Waals surface area contributed by atoms with E-state index in [1.54, 1.807) is 166 Å². The first kappa shape index (κ1) is 90.0. The average molecular weight is 1860 g/mol. The highest BCUT2D eigenvalue weighted by Gasteiger charge is 2.24. The van der Waals surface area contributed by atoms with Crippen molar-refractivity contribution >= 4 is 259 Å². The summed E-state index contributed by atoms with van der Waals surface area (Å²) < 4.78 is 0. The third kappa shape index (κ3) is 20.9. The zero-order valence-electron chi connectivity index (χ0n) is 70.7. The molecule has 5 aromatic heterocycles. The molecule has 133 heavy (non-hydrogen) atoms. The zero-order chi connectivity index (χ0) is 93.6. The summed E-state index contributed by atoms with van der Waals surface area (Å²) in [5.41, 5.74) is 9.40. The van der Waals surface area contributed by atoms with Gasteiger partial charge in [-0.25, -0.2) is 4.79 Å². The van der Waals surface area contributed by atoms with E-state index in [4.69, 9.17) is 58.0 Å². The van der Waals surface area contributed by atoms with Crippen molar-refractivity contribution in [2.45, 2.75) is 13.8 Å². The number of amides is 7. The van der Waals surface area contributed by atoms with Crippen molar-refractivity contribution in [2.75, 3.05) is 46.0 Å². The molecule has 29 heteroatoms. The molecule has 0 atom stereocenters. The number of carboxylic acids is 1. The SMILES string of the molecule is CC(=O)C(=O)Nc1cc2ccccc2cc1NC(=O)c1cc2cc(Cl)ccc2[nH]1.CC(=O)c1cc(NC(=O)c2cc3cc(Cl)ccc3[nH]2)cc2ccccc12.CN(C)C(=O)c1cc2ccccc2cc1NC(=O)c1cc2cc(Cl)ccc2[nH]1.O=C(Nc1cc2ccccc2cc1C(=O)O)c1cc2cc(Cl)ccc2[nH]1.O=C(Nc1cc2ccccc2cc1O)c1cc2cc(Cl)ccc2[nH]1. The third-order valence-electron chi connectivity index (χ3n) is 21.6. The van der Waals surface area contributed by atoms with E-state index in [0.29, 0.717) is 93.1 Å². The second kappa shape index (κ2) is 38.9. The number of carboxylic acid groups (broad SMARTS) is 1. The molecule has 24 nitrogen and oxygen atoms in total. The number of carbonyl (C=O) groups is 10. The second-order valence-corrected chi connectivity index (χ2v) is 33.3. The number of anilines is 6. The van der Waals surface area contributed by atoms with Gasteiger partial charge in [-0.3, -0.25) is 43.2 Å². The van der Waals surface area contributed by atoms with Gasteiger partial charge in [-0.1, -0.05) is 179 Å². The van der Waals surface area contributed by atoms with Gasteiger partial charge in [0.25, 0.3) is 41.4 Å². The van der Waals surface area contributed by atoms with Crippen LogP contribution in [-0.2, 0) is 9.59 Å². The van der Waals surface area contributed by atoms with Gasteiger partial charge in [0.15, 0.2) is 5.78 Å². The summed E-state index contributed by atoms with van der Waals surface area (Å²) in [6.07, 6.45) is 0. The van der Waals surface area contributed by atoms with Crippen molar-refractivity contribution in [3.05, 3.63) is 374 Å². The van der Waals surface area contributed by atoms with Gasteiger partial charge in [0, 0.05) is 112 Å². The van der Waals surface area contributed by atoms with Crippen molar-refractivity contribution in [3.63, 3.8) is 0 Å². The number of nitrogens with one attached hydrogen (secondary N) is 11. The monoisotopic (exact) mass is 1860 g/mol. The summed E-state index contributed by atoms with van der Waals surface area (Å²) in [5.74, 6) is -4.40. The van der Waals surface area contributed by atoms with Crippen LogP contribution in [0.2, 0.25) is 25.1 Å². The number of benzene rings is 15. The molecule has 0 fully saturated rings. The minimum atomic E-state index is -1.10. The molecule has 15 aromatic carbocycles. The maximum atomic E-state index is 12.8. The lowest BCUT2D eigenvalue weighted by Gasteiger charge is -2.16. The van der Waals surface area contributed by atoms with Crippen LogP contribution in [0.3, 0.4) is 0 Å². The maximum absolute atomic E-state index is 12.8. The molecule has 20 aromatic rings. The first-order valence-corrected chi connectivity index (χ1v) is 42.9. The number of phenols is 1. The van der Waals surface area contributed by atoms with Crippen molar-refractivity contribution in [1.29, 1.82) is 0 Å². The smallest absolute Gasteiger partial charge is 0.337 e. The van der Waals surface area contributed by atoms with Crippen LogP contribution in [-0.4, -0.2) is 113 Å². The average Bonchev–Trinajstić information content (AvgIpc) is 1.79. The van der Waals surface area contributed by atoms with Crippen LogP contribution >= 0.6 is 58.0 Å². The number of H-pyrrole nitrogens is 5. The first-order chi connectivity index (χ1) is 63.9. The molecule has 0 aliphatic rings. The number of aromatic amines is 5. The van der Waals surface area contributed by atoms with Gasteiger partial charge < -0.3 is 71.9 Å². The number of aromatic hydroxyl groups is 1. The van der Waals surface area contributed by atoms with Gasteiger partial charge in [0.2, 0.25) is 5.78 Å². The number of fused-ring (bicyclic) bond motifs is 10. The topological polar surface area (TPSA) is 366 Å². The highest BCUT2D eigenvalue weighted by Crippen LogP contribution is 2.36. The summed E-state index contributed by atoms with van der Waals surface area (Å²) in [4.78, 5) is 140. The van der Waals surface area contributed by atoms with E-state index < -0.39 is 23.6 Å². The minimum absolute atomic E-state index is 0.0289. The number of halogens is 5. The van der Waals surface area contributed by atoms with Gasteiger partial charge >= 0.3 is 5.97 Å². The van der Waals surface area contributed by atoms with E-state index in [-0.39, 0.29) is 52.3 Å². The number of aromatic nitrogens is 5. The van der Waals surface area contributed by atoms with Crippen LogP contribution in [0, 0.1) is 0 Å². The van der Waals surface area contributed by atoms with E-state index in [1.165, 1.54) is 18.7 Å². The number of Topliss-reactive ketones (excluding diaryl/α,β-unsaturated/α-hetero) is 2. The molecule has 658 valence electrons. The summed E-state index contributed by atoms with van der Waals surface area (Å²) in [5, 5.41) is 52.2. The standard InChI is InChI=1S/C22H16ClN3O3.C22H18ClN3O2.C21H15ClN2O2.C20H13ClN2O3.C19H13ClN2O2/c1-12(27)21(28)25-18-9-13-4-2-3-5-14(13)10-19(18)26-22(29)20-11-15-8-16(23)6-7-17(15)24-20;1-26(2)22(28)17-10-13-5-3-4-6-14(13)11-19(17)25-21(27)20-12-15-9-16(23)7-8-18(15)24-20;1-12(25)18-11-16(9-13-4-2-3-5-17(13)18)23-21(26)20-10-14-8-15(22)6-7-19(14)24-20;21-14-5-6-16-13(7-14)10-18(22-16)19(24)23-17-9-12-4-2-1-3-11(12)8-15(17)20(25)26;20-14-5-6-15-13(7-14)9-17(21-15)19(24)22-16-8-11-3-1-2-4-12(11)10-18(16)23/h2-11,24H,1H3,(H,25,28)(H,26,29);3-12,24H,1-2H3,(H,25,27);2-11,24H,1H3,(H,23,26);1-10,22H,(H,23,24)(H,25,26);1-10,21,23H,(H,22,24). The fourth-order valence-corrected chi connectivity index (χ4v) is 15.9. The zero-order valence-corrected chi connectivity index (χ0v) is 74.5. The highest BCUT2D eigenvalue weighted by molar-refractivity contribution is 6.40. The van der Waals surface area contributed by atoms with E-state index in [2.05, 4.69) is 56.8 Å². The predicted octanol–water partition coefficient (Wildman–Crippen LogP) is 25.0. The van der Waals surface area contributed by atoms with E-state index >= 15 is 0 Å². The van der Waals surface area contributed by atoms with Gasteiger partial charge in [0.05, 0.1) is 39.6 Å². The maximum Gasteiger partial charge on any atom is 0.337 e. The highest BCUT2D eigenvalue weighted by atomic mass is 35.5. The number of hydrogen-bond donors (Lipinski definition) is 13. The number of hydrogen-bond acceptors (Lipinski definition) is 11. The fraction of sp³-hybridized carbons (Fsp3) is 0.0385. The van der Waals surface area contributed by atoms with Crippen molar-refractivity contribution in [3.8, 4) is 5.75 Å². The predicted molar refractivity (Wildman–Crippen MR) is 532 cm³/mol. The van der Waals surface area contributed by atoms with Gasteiger partial charge in [-0.05, 0) is 243 Å². The fourth-order valence-electron chi connectivity index (χ4n) is 15.0. The Morgan fingerprint density at radius 1 is 0.278 bits per heavy atom. The van der Waals surface area contributed by atoms with Crippen LogP contribution in [0.4, 0.5) is 34.1 Å². The quantitative estimate of drug-likeness (QED) is 0.0259.